The third-order valence-corrected chi connectivity index (χ3v) is 5.81. The van der Waals surface area contributed by atoms with Gasteiger partial charge in [0, 0.05) is 43.2 Å². The molecule has 31 heavy (non-hydrogen) atoms. The van der Waals surface area contributed by atoms with Crippen molar-refractivity contribution in [2.75, 3.05) is 6.54 Å². The van der Waals surface area contributed by atoms with Gasteiger partial charge in [-0.05, 0) is 49.3 Å². The van der Waals surface area contributed by atoms with Crippen LogP contribution in [0.25, 0.3) is 11.1 Å². The number of aryl methyl sites for hydroxylation is 2. The zero-order valence-corrected chi connectivity index (χ0v) is 18.6. The molecule has 0 N–H and O–H groups in total. The average molecular weight is 420 g/mol. The van der Waals surface area contributed by atoms with Crippen LogP contribution < -0.4 is 0 Å². The Morgan fingerprint density at radius 1 is 1.29 bits per heavy atom. The van der Waals surface area contributed by atoms with Crippen LogP contribution in [0.4, 0.5) is 0 Å². The summed E-state index contributed by atoms with van der Waals surface area (Å²) in [4.78, 5) is 29.0. The van der Waals surface area contributed by atoms with E-state index in [-0.39, 0.29) is 17.9 Å². The van der Waals surface area contributed by atoms with Crippen molar-refractivity contribution in [2.24, 2.45) is 0 Å². The summed E-state index contributed by atoms with van der Waals surface area (Å²) in [5.41, 5.74) is 4.77. The number of carbonyl (C=O) groups is 1. The molecule has 162 valence electrons. The van der Waals surface area contributed by atoms with E-state index in [0.717, 1.165) is 59.6 Å². The summed E-state index contributed by atoms with van der Waals surface area (Å²) in [5, 5.41) is 4.07. The second-order valence-corrected chi connectivity index (χ2v) is 8.45. The minimum Gasteiger partial charge on any atom is -0.351 e. The molecule has 3 aromatic rings. The van der Waals surface area contributed by atoms with Crippen molar-refractivity contribution in [1.29, 1.82) is 0 Å². The molecule has 1 atom stereocenters. The lowest BCUT2D eigenvalue weighted by Gasteiger charge is -2.25. The summed E-state index contributed by atoms with van der Waals surface area (Å²) in [7, 11) is 0. The van der Waals surface area contributed by atoms with Gasteiger partial charge in [-0.3, -0.25) is 9.78 Å². The molecule has 4 rings (SSSR count). The Kier molecular flexibility index (Phi) is 6.11. The summed E-state index contributed by atoms with van der Waals surface area (Å²) < 4.78 is 5.40. The topological polar surface area (TPSA) is 85.0 Å². The molecule has 1 saturated heterocycles. The van der Waals surface area contributed by atoms with Crippen molar-refractivity contribution in [2.45, 2.75) is 65.3 Å². The monoisotopic (exact) mass is 419 g/mol. The van der Waals surface area contributed by atoms with Crippen LogP contribution in [0, 0.1) is 6.92 Å². The fourth-order valence-electron chi connectivity index (χ4n) is 4.11. The molecule has 0 bridgehead atoms. The highest BCUT2D eigenvalue weighted by Crippen LogP contribution is 2.38. The van der Waals surface area contributed by atoms with E-state index in [4.69, 9.17) is 9.51 Å². The summed E-state index contributed by atoms with van der Waals surface area (Å²) in [5.74, 6) is 1.18. The Labute approximate surface area is 182 Å². The third-order valence-electron chi connectivity index (χ3n) is 5.81. The number of rotatable bonds is 6. The molecular weight excluding hydrogens is 390 g/mol. The van der Waals surface area contributed by atoms with Gasteiger partial charge in [0.2, 0.25) is 5.76 Å². The van der Waals surface area contributed by atoms with Crippen LogP contribution in [0.3, 0.4) is 0 Å². The highest BCUT2D eigenvalue weighted by atomic mass is 16.5. The predicted octanol–water partition coefficient (Wildman–Crippen LogP) is 4.89. The first kappa shape index (κ1) is 21.2. The molecule has 3 aromatic heterocycles. The second-order valence-electron chi connectivity index (χ2n) is 8.45. The molecule has 0 saturated carbocycles. The Morgan fingerprint density at radius 2 is 2.13 bits per heavy atom. The van der Waals surface area contributed by atoms with E-state index in [1.165, 1.54) is 0 Å². The van der Waals surface area contributed by atoms with Gasteiger partial charge in [-0.2, -0.15) is 0 Å². The van der Waals surface area contributed by atoms with Crippen molar-refractivity contribution in [3.63, 3.8) is 0 Å². The van der Waals surface area contributed by atoms with E-state index in [0.29, 0.717) is 12.3 Å². The quantitative estimate of drug-likeness (QED) is 0.566. The molecule has 0 spiro atoms. The van der Waals surface area contributed by atoms with Crippen LogP contribution >= 0.6 is 0 Å². The number of amides is 1. The number of pyridine rings is 1. The zero-order valence-electron chi connectivity index (χ0n) is 18.6. The number of nitrogens with zero attached hydrogens (tertiary/aromatic N) is 5. The van der Waals surface area contributed by atoms with Gasteiger partial charge >= 0.3 is 0 Å². The third kappa shape index (κ3) is 4.22. The minimum atomic E-state index is -0.130. The average Bonchev–Trinajstić information content (AvgIpc) is 3.44. The van der Waals surface area contributed by atoms with Crippen molar-refractivity contribution in [3.8, 4) is 11.1 Å². The maximum absolute atomic E-state index is 13.3. The Hall–Kier alpha value is -3.09. The first-order valence-electron chi connectivity index (χ1n) is 11.0. The molecule has 0 aliphatic carbocycles. The van der Waals surface area contributed by atoms with Crippen LogP contribution in [0.1, 0.15) is 85.3 Å². The zero-order chi connectivity index (χ0) is 22.0. The lowest BCUT2D eigenvalue weighted by Crippen LogP contribution is -2.31. The molecule has 0 radical (unpaired) electrons. The second kappa shape index (κ2) is 8.96. The minimum absolute atomic E-state index is 0.124. The van der Waals surface area contributed by atoms with E-state index in [1.54, 1.807) is 12.3 Å². The van der Waals surface area contributed by atoms with Gasteiger partial charge in [-0.25, -0.2) is 9.97 Å². The summed E-state index contributed by atoms with van der Waals surface area (Å²) in [6.07, 6.45) is 9.09. The van der Waals surface area contributed by atoms with E-state index >= 15 is 0 Å². The van der Waals surface area contributed by atoms with Crippen LogP contribution in [-0.4, -0.2) is 37.5 Å². The molecule has 1 aliphatic rings. The van der Waals surface area contributed by atoms with Crippen LogP contribution in [-0.2, 0) is 6.42 Å². The fourth-order valence-corrected chi connectivity index (χ4v) is 4.11. The van der Waals surface area contributed by atoms with Crippen molar-refractivity contribution in [3.05, 3.63) is 59.3 Å². The van der Waals surface area contributed by atoms with Crippen molar-refractivity contribution < 1.29 is 9.32 Å². The molecule has 1 aliphatic heterocycles. The van der Waals surface area contributed by atoms with E-state index in [9.17, 15) is 4.79 Å². The van der Waals surface area contributed by atoms with E-state index in [2.05, 4.69) is 22.0 Å². The van der Waals surface area contributed by atoms with Gasteiger partial charge < -0.3 is 9.42 Å². The van der Waals surface area contributed by atoms with Gasteiger partial charge in [0.05, 0.1) is 17.4 Å². The maximum Gasteiger partial charge on any atom is 0.293 e. The normalized spacial score (nSPS) is 16.3. The fraction of sp³-hybridized carbons (Fsp3) is 0.458. The Bertz CT molecular complexity index is 1080. The van der Waals surface area contributed by atoms with E-state index in [1.807, 2.05) is 44.1 Å². The first-order valence-corrected chi connectivity index (χ1v) is 11.0. The molecule has 1 amide bonds. The number of aromatic nitrogens is 4. The number of hydrogen-bond donors (Lipinski definition) is 0. The molecule has 1 unspecified atom stereocenters. The van der Waals surface area contributed by atoms with Gasteiger partial charge in [0.15, 0.2) is 0 Å². The predicted molar refractivity (Wildman–Crippen MR) is 118 cm³/mol. The first-order chi connectivity index (χ1) is 15.0. The molecule has 1 fully saturated rings. The van der Waals surface area contributed by atoms with Crippen LogP contribution in [0.15, 0.2) is 35.2 Å². The lowest BCUT2D eigenvalue weighted by atomic mass is 9.97. The summed E-state index contributed by atoms with van der Waals surface area (Å²) >= 11 is 0. The van der Waals surface area contributed by atoms with E-state index < -0.39 is 0 Å². The highest BCUT2D eigenvalue weighted by molar-refractivity contribution is 5.92. The van der Waals surface area contributed by atoms with Crippen molar-refractivity contribution in [1.82, 2.24) is 25.0 Å². The SMILES string of the molecule is CCCc1ncc(-c2ccncc2C)c(C2CCCN2C(=O)c2cc(C(C)C)no2)n1. The largest absolute Gasteiger partial charge is 0.351 e. The van der Waals surface area contributed by atoms with Gasteiger partial charge in [-0.1, -0.05) is 25.9 Å². The number of likely N-dealkylation sites (tertiary alicyclic amines) is 1. The standard InChI is InChI=1S/C24H29N5O2/c1-5-7-22-26-14-18(17-9-10-25-13-16(17)4)23(27-22)20-8-6-11-29(20)24(30)21-12-19(15(2)3)28-31-21/h9-10,12-15,20H,5-8,11H2,1-4H3. The molecular formula is C24H29N5O2. The van der Waals surface area contributed by atoms with Crippen molar-refractivity contribution >= 4 is 5.91 Å². The lowest BCUT2D eigenvalue weighted by molar-refractivity contribution is 0.0690. The van der Waals surface area contributed by atoms with Crippen LogP contribution in [0.5, 0.6) is 0 Å². The summed E-state index contributed by atoms with van der Waals surface area (Å²) in [6.45, 7) is 8.88. The Balaban J connectivity index is 1.74. The Morgan fingerprint density at radius 3 is 2.84 bits per heavy atom. The molecule has 0 aromatic carbocycles. The highest BCUT2D eigenvalue weighted by Gasteiger charge is 2.35. The van der Waals surface area contributed by atoms with Gasteiger partial charge in [0.1, 0.15) is 5.82 Å². The van der Waals surface area contributed by atoms with Gasteiger partial charge in [0.25, 0.3) is 5.91 Å². The van der Waals surface area contributed by atoms with Crippen LogP contribution in [0.2, 0.25) is 0 Å². The maximum atomic E-state index is 13.3. The smallest absolute Gasteiger partial charge is 0.293 e. The molecule has 4 heterocycles. The molecule has 7 heteroatoms. The number of hydrogen-bond acceptors (Lipinski definition) is 6. The summed E-state index contributed by atoms with van der Waals surface area (Å²) in [6, 6.07) is 3.63. The number of carbonyl (C=O) groups excluding carboxylic acids is 1. The molecule has 7 nitrogen and oxygen atoms in total. The van der Waals surface area contributed by atoms with Gasteiger partial charge in [-0.15, -0.1) is 0 Å².